The predicted octanol–water partition coefficient (Wildman–Crippen LogP) is 7.42. The first-order chi connectivity index (χ1) is 17.4. The summed E-state index contributed by atoms with van der Waals surface area (Å²) in [6.45, 7) is 4.91. The van der Waals surface area contributed by atoms with Crippen molar-refractivity contribution in [3.05, 3.63) is 101 Å². The summed E-state index contributed by atoms with van der Waals surface area (Å²) < 4.78 is 5.05. The Morgan fingerprint density at radius 2 is 1.50 bits per heavy atom. The Hall–Kier alpha value is -3.67. The lowest BCUT2D eigenvalue weighted by Crippen LogP contribution is -2.12. The largest absolute Gasteiger partial charge is 0.481 e. The van der Waals surface area contributed by atoms with Crippen molar-refractivity contribution in [1.82, 2.24) is 9.88 Å². The molecule has 0 aliphatic rings. The van der Waals surface area contributed by atoms with Crippen LogP contribution < -0.4 is 10.1 Å². The first kappa shape index (κ1) is 26.9. The molecule has 0 spiro atoms. The summed E-state index contributed by atoms with van der Waals surface area (Å²) in [5.74, 6) is 0.249. The lowest BCUT2D eigenvalue weighted by atomic mass is 9.98. The van der Waals surface area contributed by atoms with Gasteiger partial charge in [0.05, 0.1) is 19.0 Å². The van der Waals surface area contributed by atoms with E-state index in [1.54, 1.807) is 43.6 Å². The summed E-state index contributed by atoms with van der Waals surface area (Å²) in [6, 6.07) is 25.5. The van der Waals surface area contributed by atoms with Crippen LogP contribution in [0.3, 0.4) is 0 Å². The molecule has 5 nitrogen and oxygen atoms in total. The Morgan fingerprint density at radius 1 is 0.889 bits per heavy atom. The molecule has 0 bridgehead atoms. The van der Waals surface area contributed by atoms with E-state index in [4.69, 9.17) is 16.3 Å². The molecule has 6 heteroatoms. The topological polar surface area (TPSA) is 54.5 Å². The summed E-state index contributed by atoms with van der Waals surface area (Å²) >= 11 is 6.49. The van der Waals surface area contributed by atoms with E-state index in [0.717, 1.165) is 28.8 Å². The second-order valence-electron chi connectivity index (χ2n) is 8.25. The Morgan fingerprint density at radius 3 is 2.06 bits per heavy atom. The van der Waals surface area contributed by atoms with Crippen LogP contribution >= 0.6 is 11.6 Å². The minimum atomic E-state index is -0.237. The number of nitrogens with zero attached hydrogens (tertiary/aromatic N) is 2. The number of hydrogen-bond donors (Lipinski definition) is 1. The summed E-state index contributed by atoms with van der Waals surface area (Å²) in [5.41, 5.74) is 6.39. The second kappa shape index (κ2) is 12.9. The molecule has 1 heterocycles. The zero-order chi connectivity index (χ0) is 26.1. The number of carbonyl (C=O) groups is 1. The summed E-state index contributed by atoms with van der Waals surface area (Å²) in [7, 11) is 5.67. The maximum Gasteiger partial charge on any atom is 0.255 e. The molecule has 4 aromatic rings. The molecule has 0 aliphatic heterocycles. The van der Waals surface area contributed by atoms with Crippen molar-refractivity contribution >= 4 is 23.2 Å². The third-order valence-electron chi connectivity index (χ3n) is 5.41. The zero-order valence-electron chi connectivity index (χ0n) is 21.4. The van der Waals surface area contributed by atoms with Crippen molar-refractivity contribution in [2.45, 2.75) is 20.4 Å². The highest BCUT2D eigenvalue weighted by molar-refractivity contribution is 6.33. The number of carbonyl (C=O) groups excluding carboxylic acids is 1. The quantitative estimate of drug-likeness (QED) is 0.286. The highest BCUT2D eigenvalue weighted by Gasteiger charge is 2.12. The first-order valence-electron chi connectivity index (χ1n) is 11.9. The Kier molecular flexibility index (Phi) is 9.62. The van der Waals surface area contributed by atoms with Gasteiger partial charge in [0.2, 0.25) is 5.88 Å². The van der Waals surface area contributed by atoms with Gasteiger partial charge in [-0.25, -0.2) is 4.98 Å². The minimum absolute atomic E-state index is 0.237. The summed E-state index contributed by atoms with van der Waals surface area (Å²) in [4.78, 5) is 19.0. The van der Waals surface area contributed by atoms with Crippen LogP contribution in [0.1, 0.15) is 29.8 Å². The van der Waals surface area contributed by atoms with Crippen molar-refractivity contribution in [2.24, 2.45) is 0 Å². The normalized spacial score (nSPS) is 10.4. The van der Waals surface area contributed by atoms with E-state index < -0.39 is 0 Å². The molecule has 0 unspecified atom stereocenters. The number of amides is 1. The lowest BCUT2D eigenvalue weighted by molar-refractivity contribution is 0.102. The number of ether oxygens (including phenoxy) is 1. The van der Waals surface area contributed by atoms with Gasteiger partial charge < -0.3 is 15.0 Å². The molecular formula is C30H32ClN3O2. The number of hydrogen-bond acceptors (Lipinski definition) is 4. The van der Waals surface area contributed by atoms with Crippen LogP contribution in [0.4, 0.5) is 5.69 Å². The van der Waals surface area contributed by atoms with Gasteiger partial charge in [0.1, 0.15) is 0 Å². The standard InChI is InChI=1S/C28H26ClN3O2.C2H6/c1-32(2)18-19-4-6-20(7-5-19)21-8-10-22(11-9-21)25-16-23(12-14-26(25)29)28(33)31-24-13-15-27(34-3)30-17-24;1-2/h4-17H,18H2,1-3H3,(H,31,33);1-2H3. The molecule has 0 fully saturated rings. The molecule has 1 N–H and O–H groups in total. The number of anilines is 1. The number of benzene rings is 3. The Labute approximate surface area is 218 Å². The van der Waals surface area contributed by atoms with E-state index in [1.165, 1.54) is 5.56 Å². The van der Waals surface area contributed by atoms with Crippen LogP contribution in [-0.2, 0) is 6.54 Å². The molecule has 36 heavy (non-hydrogen) atoms. The summed E-state index contributed by atoms with van der Waals surface area (Å²) in [6.07, 6.45) is 1.55. The fourth-order valence-electron chi connectivity index (χ4n) is 3.68. The van der Waals surface area contributed by atoms with Crippen LogP contribution in [0.2, 0.25) is 5.02 Å². The van der Waals surface area contributed by atoms with Crippen molar-refractivity contribution < 1.29 is 9.53 Å². The molecule has 4 rings (SSSR count). The molecule has 0 saturated heterocycles. The van der Waals surface area contributed by atoms with E-state index in [9.17, 15) is 4.79 Å². The molecule has 1 amide bonds. The van der Waals surface area contributed by atoms with Crippen molar-refractivity contribution in [3.63, 3.8) is 0 Å². The number of nitrogens with one attached hydrogen (secondary N) is 1. The van der Waals surface area contributed by atoms with E-state index in [-0.39, 0.29) is 5.91 Å². The number of methoxy groups -OCH3 is 1. The molecular weight excluding hydrogens is 470 g/mol. The van der Waals surface area contributed by atoms with Gasteiger partial charge in [0.25, 0.3) is 5.91 Å². The minimum Gasteiger partial charge on any atom is -0.481 e. The second-order valence-corrected chi connectivity index (χ2v) is 8.66. The molecule has 0 aliphatic carbocycles. The number of halogens is 1. The van der Waals surface area contributed by atoms with Gasteiger partial charge in [-0.3, -0.25) is 4.79 Å². The van der Waals surface area contributed by atoms with Gasteiger partial charge in [-0.2, -0.15) is 0 Å². The number of rotatable bonds is 7. The fourth-order valence-corrected chi connectivity index (χ4v) is 3.90. The molecule has 0 saturated carbocycles. The SMILES string of the molecule is CC.COc1ccc(NC(=O)c2ccc(Cl)c(-c3ccc(-c4ccc(CN(C)C)cc4)cc3)c2)cn1. The molecule has 0 atom stereocenters. The molecule has 186 valence electrons. The predicted molar refractivity (Wildman–Crippen MR) is 150 cm³/mol. The molecule has 3 aromatic carbocycles. The van der Waals surface area contributed by atoms with Crippen molar-refractivity contribution in [3.8, 4) is 28.1 Å². The van der Waals surface area contributed by atoms with Crippen LogP contribution in [0.15, 0.2) is 85.1 Å². The van der Waals surface area contributed by atoms with Gasteiger partial charge >= 0.3 is 0 Å². The average Bonchev–Trinajstić information content (AvgIpc) is 2.91. The van der Waals surface area contributed by atoms with E-state index in [1.807, 2.05) is 26.0 Å². The summed E-state index contributed by atoms with van der Waals surface area (Å²) in [5, 5.41) is 3.44. The van der Waals surface area contributed by atoms with Crippen LogP contribution in [0, 0.1) is 0 Å². The maximum atomic E-state index is 12.8. The van der Waals surface area contributed by atoms with Gasteiger partial charge in [-0.15, -0.1) is 0 Å². The molecule has 1 aromatic heterocycles. The fraction of sp³-hybridized carbons (Fsp3) is 0.200. The highest BCUT2D eigenvalue weighted by Crippen LogP contribution is 2.31. The highest BCUT2D eigenvalue weighted by atomic mass is 35.5. The Bertz CT molecular complexity index is 1270. The van der Waals surface area contributed by atoms with Gasteiger partial charge in [0, 0.05) is 28.8 Å². The Balaban J connectivity index is 0.00000176. The average molecular weight is 502 g/mol. The van der Waals surface area contributed by atoms with Crippen molar-refractivity contribution in [2.75, 3.05) is 26.5 Å². The third kappa shape index (κ3) is 6.94. The number of pyridine rings is 1. The monoisotopic (exact) mass is 501 g/mol. The van der Waals surface area contributed by atoms with E-state index in [2.05, 4.69) is 65.7 Å². The molecule has 0 radical (unpaired) electrons. The van der Waals surface area contributed by atoms with Crippen LogP contribution in [0.5, 0.6) is 5.88 Å². The van der Waals surface area contributed by atoms with Gasteiger partial charge in [0.15, 0.2) is 0 Å². The van der Waals surface area contributed by atoms with Crippen molar-refractivity contribution in [1.29, 1.82) is 0 Å². The van der Waals surface area contributed by atoms with E-state index in [0.29, 0.717) is 22.2 Å². The van der Waals surface area contributed by atoms with Crippen LogP contribution in [0.25, 0.3) is 22.3 Å². The van der Waals surface area contributed by atoms with Gasteiger partial charge in [-0.05, 0) is 60.6 Å². The van der Waals surface area contributed by atoms with Crippen LogP contribution in [-0.4, -0.2) is 37.0 Å². The smallest absolute Gasteiger partial charge is 0.255 e. The number of aromatic nitrogens is 1. The zero-order valence-corrected chi connectivity index (χ0v) is 22.1. The van der Waals surface area contributed by atoms with Gasteiger partial charge in [-0.1, -0.05) is 74.0 Å². The lowest BCUT2D eigenvalue weighted by Gasteiger charge is -2.11. The maximum absolute atomic E-state index is 12.8. The van der Waals surface area contributed by atoms with E-state index >= 15 is 0 Å². The third-order valence-corrected chi connectivity index (χ3v) is 5.74. The first-order valence-corrected chi connectivity index (χ1v) is 12.3.